The van der Waals surface area contributed by atoms with Crippen LogP contribution in [-0.2, 0) is 4.79 Å². The number of para-hydroxylation sites is 1. The lowest BCUT2D eigenvalue weighted by Gasteiger charge is -2.37. The Labute approximate surface area is 132 Å². The van der Waals surface area contributed by atoms with Crippen LogP contribution in [0.5, 0.6) is 5.75 Å². The molecular formula is C18H26N2O2. The summed E-state index contributed by atoms with van der Waals surface area (Å²) in [6.07, 6.45) is 3.60. The Hall–Kier alpha value is -1.55. The van der Waals surface area contributed by atoms with Crippen LogP contribution < -0.4 is 15.4 Å². The van der Waals surface area contributed by atoms with Crippen molar-refractivity contribution in [1.82, 2.24) is 10.6 Å². The van der Waals surface area contributed by atoms with Crippen molar-refractivity contribution in [3.63, 3.8) is 0 Å². The van der Waals surface area contributed by atoms with E-state index in [-0.39, 0.29) is 17.6 Å². The Kier molecular flexibility index (Phi) is 4.39. The highest BCUT2D eigenvalue weighted by Crippen LogP contribution is 2.39. The highest BCUT2D eigenvalue weighted by Gasteiger charge is 2.34. The zero-order chi connectivity index (χ0) is 15.6. The summed E-state index contributed by atoms with van der Waals surface area (Å²) in [5, 5.41) is 6.57. The van der Waals surface area contributed by atoms with Crippen LogP contribution >= 0.6 is 0 Å². The molecule has 0 saturated carbocycles. The van der Waals surface area contributed by atoms with Crippen molar-refractivity contribution in [2.45, 2.75) is 51.2 Å². The van der Waals surface area contributed by atoms with Gasteiger partial charge in [0.15, 0.2) is 0 Å². The van der Waals surface area contributed by atoms with Crippen LogP contribution in [0.25, 0.3) is 0 Å². The standard InChI is InChI=1S/C18H26N2O2/c1-18(2)11-15(14-5-3-4-6-16(14)22-18)20-17(21)8-7-13-9-10-19-12-13/h3-6,13,15,19H,7-12H2,1-2H3,(H,20,21). The van der Waals surface area contributed by atoms with Crippen molar-refractivity contribution in [3.05, 3.63) is 29.8 Å². The number of fused-ring (bicyclic) bond motifs is 1. The van der Waals surface area contributed by atoms with Crippen LogP contribution in [0.3, 0.4) is 0 Å². The number of benzene rings is 1. The molecule has 2 unspecified atom stereocenters. The zero-order valence-electron chi connectivity index (χ0n) is 13.5. The smallest absolute Gasteiger partial charge is 0.220 e. The van der Waals surface area contributed by atoms with Crippen LogP contribution in [0.15, 0.2) is 24.3 Å². The Morgan fingerprint density at radius 2 is 2.23 bits per heavy atom. The van der Waals surface area contributed by atoms with E-state index < -0.39 is 0 Å². The van der Waals surface area contributed by atoms with Gasteiger partial charge in [0.2, 0.25) is 5.91 Å². The first-order valence-electron chi connectivity index (χ1n) is 8.31. The van der Waals surface area contributed by atoms with Crippen LogP contribution in [0.4, 0.5) is 0 Å². The van der Waals surface area contributed by atoms with E-state index in [1.807, 2.05) is 18.2 Å². The fourth-order valence-corrected chi connectivity index (χ4v) is 3.49. The highest BCUT2D eigenvalue weighted by atomic mass is 16.5. The summed E-state index contributed by atoms with van der Waals surface area (Å²) in [6.45, 7) is 6.30. The molecule has 1 saturated heterocycles. The van der Waals surface area contributed by atoms with Gasteiger partial charge in [0.25, 0.3) is 0 Å². The Morgan fingerprint density at radius 1 is 1.41 bits per heavy atom. The number of ether oxygens (including phenoxy) is 1. The van der Waals surface area contributed by atoms with Crippen LogP contribution in [0, 0.1) is 5.92 Å². The Morgan fingerprint density at radius 3 is 3.00 bits per heavy atom. The zero-order valence-corrected chi connectivity index (χ0v) is 13.5. The average molecular weight is 302 g/mol. The van der Waals surface area contributed by atoms with Gasteiger partial charge >= 0.3 is 0 Å². The maximum atomic E-state index is 12.3. The van der Waals surface area contributed by atoms with Crippen molar-refractivity contribution in [2.75, 3.05) is 13.1 Å². The molecule has 2 heterocycles. The van der Waals surface area contributed by atoms with Gasteiger partial charge in [-0.1, -0.05) is 18.2 Å². The van der Waals surface area contributed by atoms with Crippen molar-refractivity contribution in [1.29, 1.82) is 0 Å². The number of hydrogen-bond acceptors (Lipinski definition) is 3. The first-order chi connectivity index (χ1) is 10.5. The minimum Gasteiger partial charge on any atom is -0.487 e. The molecule has 0 spiro atoms. The van der Waals surface area contributed by atoms with Gasteiger partial charge in [0.1, 0.15) is 11.4 Å². The fourth-order valence-electron chi connectivity index (χ4n) is 3.49. The molecule has 4 nitrogen and oxygen atoms in total. The number of amides is 1. The monoisotopic (exact) mass is 302 g/mol. The number of rotatable bonds is 4. The molecule has 4 heteroatoms. The molecule has 2 aliphatic heterocycles. The third-order valence-corrected chi connectivity index (χ3v) is 4.65. The summed E-state index contributed by atoms with van der Waals surface area (Å²) in [6, 6.07) is 8.07. The summed E-state index contributed by atoms with van der Waals surface area (Å²) in [5.74, 6) is 1.71. The molecule has 120 valence electrons. The van der Waals surface area contributed by atoms with Gasteiger partial charge in [-0.25, -0.2) is 0 Å². The van der Waals surface area contributed by atoms with Crippen LogP contribution in [0.1, 0.15) is 51.1 Å². The molecule has 1 amide bonds. The largest absolute Gasteiger partial charge is 0.487 e. The van der Waals surface area contributed by atoms with E-state index in [0.29, 0.717) is 12.3 Å². The summed E-state index contributed by atoms with van der Waals surface area (Å²) in [4.78, 5) is 12.3. The normalized spacial score (nSPS) is 26.1. The topological polar surface area (TPSA) is 50.4 Å². The molecule has 0 aromatic heterocycles. The van der Waals surface area contributed by atoms with Crippen molar-refractivity contribution >= 4 is 5.91 Å². The molecular weight excluding hydrogens is 276 g/mol. The second kappa shape index (κ2) is 6.29. The molecule has 2 atom stereocenters. The van der Waals surface area contributed by atoms with Crippen molar-refractivity contribution < 1.29 is 9.53 Å². The van der Waals surface area contributed by atoms with E-state index in [9.17, 15) is 4.79 Å². The second-order valence-corrected chi connectivity index (χ2v) is 7.12. The van der Waals surface area contributed by atoms with E-state index in [0.717, 1.165) is 37.2 Å². The lowest BCUT2D eigenvalue weighted by atomic mass is 9.89. The molecule has 1 aromatic rings. The van der Waals surface area contributed by atoms with Gasteiger partial charge in [-0.2, -0.15) is 0 Å². The molecule has 2 N–H and O–H groups in total. The molecule has 0 radical (unpaired) electrons. The lowest BCUT2D eigenvalue weighted by molar-refractivity contribution is -0.122. The fraction of sp³-hybridized carbons (Fsp3) is 0.611. The van der Waals surface area contributed by atoms with Gasteiger partial charge < -0.3 is 15.4 Å². The maximum absolute atomic E-state index is 12.3. The molecule has 0 bridgehead atoms. The first-order valence-corrected chi connectivity index (χ1v) is 8.31. The number of carbonyl (C=O) groups excluding carboxylic acids is 1. The van der Waals surface area contributed by atoms with Gasteiger partial charge in [0.05, 0.1) is 6.04 Å². The number of carbonyl (C=O) groups is 1. The molecule has 22 heavy (non-hydrogen) atoms. The molecule has 2 aliphatic rings. The summed E-state index contributed by atoms with van der Waals surface area (Å²) in [5.41, 5.74) is 0.847. The molecule has 1 fully saturated rings. The molecule has 0 aliphatic carbocycles. The minimum atomic E-state index is -0.248. The van der Waals surface area contributed by atoms with Crippen LogP contribution in [0.2, 0.25) is 0 Å². The van der Waals surface area contributed by atoms with E-state index in [2.05, 4.69) is 30.5 Å². The summed E-state index contributed by atoms with van der Waals surface area (Å²) in [7, 11) is 0. The average Bonchev–Trinajstić information content (AvgIpc) is 2.97. The summed E-state index contributed by atoms with van der Waals surface area (Å²) >= 11 is 0. The van der Waals surface area contributed by atoms with E-state index >= 15 is 0 Å². The van der Waals surface area contributed by atoms with Gasteiger partial charge in [-0.05, 0) is 51.8 Å². The highest BCUT2D eigenvalue weighted by molar-refractivity contribution is 5.76. The Balaban J connectivity index is 1.62. The predicted molar refractivity (Wildman–Crippen MR) is 86.9 cm³/mol. The van der Waals surface area contributed by atoms with Crippen molar-refractivity contribution in [3.8, 4) is 5.75 Å². The van der Waals surface area contributed by atoms with Gasteiger partial charge in [-0.3, -0.25) is 4.79 Å². The van der Waals surface area contributed by atoms with Crippen molar-refractivity contribution in [2.24, 2.45) is 5.92 Å². The van der Waals surface area contributed by atoms with Crippen LogP contribution in [-0.4, -0.2) is 24.6 Å². The first kappa shape index (κ1) is 15.3. The third kappa shape index (κ3) is 3.61. The minimum absolute atomic E-state index is 0.0501. The quantitative estimate of drug-likeness (QED) is 0.899. The maximum Gasteiger partial charge on any atom is 0.220 e. The third-order valence-electron chi connectivity index (χ3n) is 4.65. The number of hydrogen-bond donors (Lipinski definition) is 2. The van der Waals surface area contributed by atoms with E-state index in [1.54, 1.807) is 0 Å². The van der Waals surface area contributed by atoms with Gasteiger partial charge in [-0.15, -0.1) is 0 Å². The summed E-state index contributed by atoms with van der Waals surface area (Å²) < 4.78 is 6.01. The lowest BCUT2D eigenvalue weighted by Crippen LogP contribution is -2.41. The van der Waals surface area contributed by atoms with E-state index in [1.165, 1.54) is 6.42 Å². The SMILES string of the molecule is CC1(C)CC(NC(=O)CCC2CCNC2)c2ccccc2O1. The van der Waals surface area contributed by atoms with E-state index in [4.69, 9.17) is 4.74 Å². The molecule has 3 rings (SSSR count). The predicted octanol–water partition coefficient (Wildman–Crippen LogP) is 2.79. The molecule has 1 aromatic carbocycles. The number of nitrogens with one attached hydrogen (secondary N) is 2. The Bertz CT molecular complexity index is 536. The van der Waals surface area contributed by atoms with Gasteiger partial charge in [0, 0.05) is 18.4 Å². The second-order valence-electron chi connectivity index (χ2n) is 7.12.